The maximum atomic E-state index is 3.86. The highest BCUT2D eigenvalue weighted by molar-refractivity contribution is 9.11. The second-order valence-corrected chi connectivity index (χ2v) is 10.2. The summed E-state index contributed by atoms with van der Waals surface area (Å²) in [5.41, 5.74) is 3.57. The molecular weight excluding hydrogens is 534 g/mol. The number of rotatable bonds is 1. The van der Waals surface area contributed by atoms with Gasteiger partial charge in [-0.2, -0.15) is 0 Å². The van der Waals surface area contributed by atoms with Gasteiger partial charge in [0, 0.05) is 25.4 Å². The fraction of sp³-hybridized carbons (Fsp3) is 0. The van der Waals surface area contributed by atoms with Crippen molar-refractivity contribution in [1.29, 1.82) is 0 Å². The Morgan fingerprint density at radius 2 is 0.939 bits per heavy atom. The molecular formula is C30H17Br2N. The van der Waals surface area contributed by atoms with Gasteiger partial charge in [-0.1, -0.05) is 111 Å². The Hall–Kier alpha value is -3.14. The lowest BCUT2D eigenvalue weighted by atomic mass is 10.00. The van der Waals surface area contributed by atoms with E-state index < -0.39 is 0 Å². The fourth-order valence-corrected chi connectivity index (χ4v) is 6.36. The molecule has 33 heavy (non-hydrogen) atoms. The van der Waals surface area contributed by atoms with Crippen molar-refractivity contribution < 1.29 is 0 Å². The van der Waals surface area contributed by atoms with E-state index in [9.17, 15) is 0 Å². The molecule has 0 unspecified atom stereocenters. The summed E-state index contributed by atoms with van der Waals surface area (Å²) in [6.07, 6.45) is 0. The zero-order valence-corrected chi connectivity index (χ0v) is 20.7. The Balaban J connectivity index is 1.77. The van der Waals surface area contributed by atoms with Crippen molar-refractivity contribution in [1.82, 2.24) is 4.57 Å². The Kier molecular flexibility index (Phi) is 4.21. The molecule has 0 saturated carbocycles. The summed E-state index contributed by atoms with van der Waals surface area (Å²) in [6, 6.07) is 37.2. The highest BCUT2D eigenvalue weighted by Crippen LogP contribution is 2.44. The van der Waals surface area contributed by atoms with Gasteiger partial charge in [0.2, 0.25) is 0 Å². The van der Waals surface area contributed by atoms with E-state index in [1.54, 1.807) is 0 Å². The third-order valence-corrected chi connectivity index (χ3v) is 7.98. The van der Waals surface area contributed by atoms with Gasteiger partial charge in [-0.15, -0.1) is 0 Å². The highest BCUT2D eigenvalue weighted by Gasteiger charge is 2.19. The van der Waals surface area contributed by atoms with Gasteiger partial charge in [-0.3, -0.25) is 0 Å². The largest absolute Gasteiger partial charge is 0.309 e. The van der Waals surface area contributed by atoms with Crippen LogP contribution in [0.3, 0.4) is 0 Å². The number of halogens is 2. The summed E-state index contributed by atoms with van der Waals surface area (Å²) in [4.78, 5) is 0. The van der Waals surface area contributed by atoms with Crippen molar-refractivity contribution in [3.05, 3.63) is 112 Å². The molecule has 0 fully saturated rings. The van der Waals surface area contributed by atoms with Gasteiger partial charge in [-0.25, -0.2) is 0 Å². The van der Waals surface area contributed by atoms with Gasteiger partial charge in [0.15, 0.2) is 0 Å². The Morgan fingerprint density at radius 3 is 1.52 bits per heavy atom. The fourth-order valence-electron chi connectivity index (χ4n) is 5.24. The molecule has 3 heteroatoms. The summed E-state index contributed by atoms with van der Waals surface area (Å²) in [5, 5.41) is 10.1. The van der Waals surface area contributed by atoms with Crippen LogP contribution in [0.2, 0.25) is 0 Å². The number of hydrogen-bond donors (Lipinski definition) is 0. The van der Waals surface area contributed by atoms with Crippen molar-refractivity contribution in [2.75, 3.05) is 0 Å². The third-order valence-electron chi connectivity index (χ3n) is 6.67. The van der Waals surface area contributed by atoms with E-state index in [1.807, 2.05) is 0 Å². The molecule has 1 aromatic heterocycles. The van der Waals surface area contributed by atoms with Crippen molar-refractivity contribution in [3.63, 3.8) is 0 Å². The van der Waals surface area contributed by atoms with Crippen LogP contribution in [-0.4, -0.2) is 4.57 Å². The number of nitrogens with zero attached hydrogens (tertiary/aromatic N) is 1. The van der Waals surface area contributed by atoms with E-state index in [-0.39, 0.29) is 0 Å². The van der Waals surface area contributed by atoms with Gasteiger partial charge in [0.05, 0.1) is 11.0 Å². The SMILES string of the molecule is Brc1cc2c(c3ccccc13)c1c3ccccc3c(Br)cc1n2-c1ccc2ccccc2c1. The maximum Gasteiger partial charge on any atom is 0.0559 e. The smallest absolute Gasteiger partial charge is 0.0559 e. The highest BCUT2D eigenvalue weighted by atomic mass is 79.9. The molecule has 0 aliphatic heterocycles. The van der Waals surface area contributed by atoms with Crippen LogP contribution < -0.4 is 0 Å². The van der Waals surface area contributed by atoms with Crippen molar-refractivity contribution in [3.8, 4) is 5.69 Å². The number of fused-ring (bicyclic) bond motifs is 8. The van der Waals surface area contributed by atoms with Crippen LogP contribution in [0.4, 0.5) is 0 Å². The lowest BCUT2D eigenvalue weighted by Crippen LogP contribution is -1.94. The molecule has 1 heterocycles. The van der Waals surface area contributed by atoms with Gasteiger partial charge in [-0.05, 0) is 56.6 Å². The predicted molar refractivity (Wildman–Crippen MR) is 149 cm³/mol. The molecule has 156 valence electrons. The normalized spacial score (nSPS) is 11.9. The van der Waals surface area contributed by atoms with Crippen LogP contribution in [0.15, 0.2) is 112 Å². The number of benzene rings is 6. The van der Waals surface area contributed by atoms with Crippen LogP contribution in [0.5, 0.6) is 0 Å². The van der Waals surface area contributed by atoms with E-state index in [2.05, 4.69) is 140 Å². The third kappa shape index (κ3) is 2.76. The van der Waals surface area contributed by atoms with E-state index in [0.717, 1.165) is 14.6 Å². The Labute approximate surface area is 207 Å². The summed E-state index contributed by atoms with van der Waals surface area (Å²) < 4.78 is 4.63. The van der Waals surface area contributed by atoms with E-state index in [1.165, 1.54) is 54.1 Å². The summed E-state index contributed by atoms with van der Waals surface area (Å²) >= 11 is 7.73. The Morgan fingerprint density at radius 1 is 0.455 bits per heavy atom. The zero-order valence-electron chi connectivity index (χ0n) is 17.5. The van der Waals surface area contributed by atoms with Gasteiger partial charge >= 0.3 is 0 Å². The molecule has 0 radical (unpaired) electrons. The topological polar surface area (TPSA) is 4.93 Å². The molecule has 0 spiro atoms. The lowest BCUT2D eigenvalue weighted by molar-refractivity contribution is 1.19. The van der Waals surface area contributed by atoms with Crippen LogP contribution >= 0.6 is 31.9 Å². The van der Waals surface area contributed by atoms with Crippen LogP contribution in [0.1, 0.15) is 0 Å². The van der Waals surface area contributed by atoms with Crippen molar-refractivity contribution >= 4 is 86.0 Å². The predicted octanol–water partition coefficient (Wildman–Crippen LogP) is 9.77. The second kappa shape index (κ2) is 7.18. The van der Waals surface area contributed by atoms with Gasteiger partial charge < -0.3 is 4.57 Å². The lowest BCUT2D eigenvalue weighted by Gasteiger charge is -2.11. The van der Waals surface area contributed by atoms with Crippen molar-refractivity contribution in [2.45, 2.75) is 0 Å². The molecule has 7 rings (SSSR count). The Bertz CT molecular complexity index is 1800. The van der Waals surface area contributed by atoms with Gasteiger partial charge in [0.1, 0.15) is 0 Å². The second-order valence-electron chi connectivity index (χ2n) is 8.46. The zero-order chi connectivity index (χ0) is 22.1. The molecule has 0 saturated heterocycles. The molecule has 0 bridgehead atoms. The standard InChI is InChI=1S/C30H17Br2N/c31-25-16-27-29(23-11-5-3-9-21(23)25)30-24-12-6-4-10-22(24)26(32)17-28(30)33(27)20-14-13-18-7-1-2-8-19(18)15-20/h1-17H. The van der Waals surface area contributed by atoms with Crippen LogP contribution in [0.25, 0.3) is 59.8 Å². The summed E-state index contributed by atoms with van der Waals surface area (Å²) in [5.74, 6) is 0. The van der Waals surface area contributed by atoms with Gasteiger partial charge in [0.25, 0.3) is 0 Å². The maximum absolute atomic E-state index is 3.86. The molecule has 0 amide bonds. The number of hydrogen-bond acceptors (Lipinski definition) is 0. The minimum atomic E-state index is 1.11. The molecule has 7 aromatic rings. The average molecular weight is 551 g/mol. The average Bonchev–Trinajstić information content (AvgIpc) is 3.18. The monoisotopic (exact) mass is 549 g/mol. The first-order valence-corrected chi connectivity index (χ1v) is 12.5. The number of aromatic nitrogens is 1. The molecule has 6 aromatic carbocycles. The van der Waals surface area contributed by atoms with E-state index >= 15 is 0 Å². The first-order chi connectivity index (χ1) is 16.2. The first-order valence-electron chi connectivity index (χ1n) is 10.9. The molecule has 1 nitrogen and oxygen atoms in total. The minimum Gasteiger partial charge on any atom is -0.309 e. The molecule has 0 atom stereocenters. The minimum absolute atomic E-state index is 1.11. The van der Waals surface area contributed by atoms with E-state index in [4.69, 9.17) is 0 Å². The molecule has 0 aliphatic rings. The summed E-state index contributed by atoms with van der Waals surface area (Å²) in [6.45, 7) is 0. The quantitative estimate of drug-likeness (QED) is 0.192. The molecule has 0 aliphatic carbocycles. The van der Waals surface area contributed by atoms with Crippen LogP contribution in [0, 0.1) is 0 Å². The summed E-state index contributed by atoms with van der Waals surface area (Å²) in [7, 11) is 0. The van der Waals surface area contributed by atoms with Crippen molar-refractivity contribution in [2.24, 2.45) is 0 Å². The first kappa shape index (κ1) is 19.3. The molecule has 0 N–H and O–H groups in total. The van der Waals surface area contributed by atoms with Crippen LogP contribution in [-0.2, 0) is 0 Å². The van der Waals surface area contributed by atoms with E-state index in [0.29, 0.717) is 0 Å².